The van der Waals surface area contributed by atoms with Gasteiger partial charge in [-0.15, -0.1) is 0 Å². The number of hydrogen-bond donors (Lipinski definition) is 2. The van der Waals surface area contributed by atoms with Crippen molar-refractivity contribution in [1.82, 2.24) is 4.31 Å². The van der Waals surface area contributed by atoms with E-state index in [1.54, 1.807) is 0 Å². The molecule has 0 saturated carbocycles. The molecule has 0 saturated heterocycles. The first-order chi connectivity index (χ1) is 7.75. The predicted molar refractivity (Wildman–Crippen MR) is 62.3 cm³/mol. The van der Waals surface area contributed by atoms with E-state index < -0.39 is 21.9 Å². The number of halogens is 1. The molecule has 1 unspecified atom stereocenters. The maximum atomic E-state index is 12.9. The van der Waals surface area contributed by atoms with E-state index in [4.69, 9.17) is 10.8 Å². The molecule has 96 valence electrons. The second-order valence-corrected chi connectivity index (χ2v) is 5.86. The van der Waals surface area contributed by atoms with Crippen LogP contribution in [0.2, 0.25) is 0 Å². The molecule has 0 fully saturated rings. The zero-order valence-corrected chi connectivity index (χ0v) is 10.4. The van der Waals surface area contributed by atoms with Crippen molar-refractivity contribution in [2.45, 2.75) is 17.9 Å². The van der Waals surface area contributed by atoms with Crippen LogP contribution in [-0.4, -0.2) is 37.5 Å². The van der Waals surface area contributed by atoms with Crippen molar-refractivity contribution >= 4 is 15.7 Å². The Morgan fingerprint density at radius 3 is 2.59 bits per heavy atom. The van der Waals surface area contributed by atoms with Gasteiger partial charge >= 0.3 is 0 Å². The van der Waals surface area contributed by atoms with Crippen molar-refractivity contribution in [2.24, 2.45) is 0 Å². The monoisotopic (exact) mass is 262 g/mol. The second-order valence-electron chi connectivity index (χ2n) is 3.82. The highest BCUT2D eigenvalue weighted by atomic mass is 32.2. The SMILES string of the molecule is CC(O)CN(C)S(=O)(=O)c1ccc(F)c(N)c1. The molecule has 3 N–H and O–H groups in total. The first-order valence-corrected chi connectivity index (χ1v) is 6.38. The lowest BCUT2D eigenvalue weighted by atomic mass is 10.3. The van der Waals surface area contributed by atoms with Gasteiger partial charge in [0.2, 0.25) is 10.0 Å². The molecular formula is C10H15FN2O3S. The molecule has 0 aliphatic carbocycles. The molecule has 0 radical (unpaired) electrons. The van der Waals surface area contributed by atoms with Crippen LogP contribution in [0.5, 0.6) is 0 Å². The molecule has 1 aromatic carbocycles. The summed E-state index contributed by atoms with van der Waals surface area (Å²) in [6, 6.07) is 3.20. The van der Waals surface area contributed by atoms with E-state index in [0.29, 0.717) is 0 Å². The van der Waals surface area contributed by atoms with Gasteiger partial charge in [0, 0.05) is 13.6 Å². The third-order valence-electron chi connectivity index (χ3n) is 2.20. The number of aliphatic hydroxyl groups excluding tert-OH is 1. The number of anilines is 1. The van der Waals surface area contributed by atoms with Gasteiger partial charge in [0.05, 0.1) is 16.7 Å². The van der Waals surface area contributed by atoms with Crippen LogP contribution in [-0.2, 0) is 10.0 Å². The molecule has 1 aromatic rings. The zero-order valence-electron chi connectivity index (χ0n) is 9.59. The normalized spacial score (nSPS) is 13.9. The van der Waals surface area contributed by atoms with Crippen molar-refractivity contribution in [3.8, 4) is 0 Å². The Morgan fingerprint density at radius 2 is 2.12 bits per heavy atom. The third-order valence-corrected chi connectivity index (χ3v) is 4.02. The van der Waals surface area contributed by atoms with Crippen LogP contribution in [0.3, 0.4) is 0 Å². The van der Waals surface area contributed by atoms with Crippen molar-refractivity contribution < 1.29 is 17.9 Å². The van der Waals surface area contributed by atoms with E-state index in [2.05, 4.69) is 0 Å². The van der Waals surface area contributed by atoms with Crippen LogP contribution in [0.15, 0.2) is 23.1 Å². The van der Waals surface area contributed by atoms with E-state index in [-0.39, 0.29) is 17.1 Å². The maximum Gasteiger partial charge on any atom is 0.242 e. The summed E-state index contributed by atoms with van der Waals surface area (Å²) in [5.74, 6) is -0.665. The molecule has 0 aliphatic rings. The Balaban J connectivity index is 3.09. The van der Waals surface area contributed by atoms with Gasteiger partial charge < -0.3 is 10.8 Å². The number of nitrogens with two attached hydrogens (primary N) is 1. The summed E-state index contributed by atoms with van der Waals surface area (Å²) in [5, 5.41) is 9.14. The van der Waals surface area contributed by atoms with E-state index >= 15 is 0 Å². The quantitative estimate of drug-likeness (QED) is 0.770. The zero-order chi connectivity index (χ0) is 13.2. The summed E-state index contributed by atoms with van der Waals surface area (Å²) in [5.41, 5.74) is 5.09. The minimum Gasteiger partial charge on any atom is -0.396 e. The lowest BCUT2D eigenvalue weighted by molar-refractivity contribution is 0.171. The van der Waals surface area contributed by atoms with Crippen molar-refractivity contribution in [2.75, 3.05) is 19.3 Å². The van der Waals surface area contributed by atoms with Gasteiger partial charge in [-0.1, -0.05) is 0 Å². The second kappa shape index (κ2) is 4.99. The van der Waals surface area contributed by atoms with Crippen molar-refractivity contribution in [1.29, 1.82) is 0 Å². The fraction of sp³-hybridized carbons (Fsp3) is 0.400. The summed E-state index contributed by atoms with van der Waals surface area (Å²) in [6.07, 6.45) is -0.785. The van der Waals surface area contributed by atoms with E-state index in [9.17, 15) is 12.8 Å². The van der Waals surface area contributed by atoms with Crippen molar-refractivity contribution in [3.05, 3.63) is 24.0 Å². The van der Waals surface area contributed by atoms with Gasteiger partial charge in [0.1, 0.15) is 5.82 Å². The van der Waals surface area contributed by atoms with E-state index in [0.717, 1.165) is 22.5 Å². The first-order valence-electron chi connectivity index (χ1n) is 4.94. The van der Waals surface area contributed by atoms with Gasteiger partial charge in [-0.2, -0.15) is 4.31 Å². The molecule has 17 heavy (non-hydrogen) atoms. The number of sulfonamides is 1. The molecule has 0 heterocycles. The maximum absolute atomic E-state index is 12.9. The molecule has 0 bridgehead atoms. The Bertz CT molecular complexity index is 502. The van der Waals surface area contributed by atoms with Crippen LogP contribution in [0, 0.1) is 5.82 Å². The number of likely N-dealkylation sites (N-methyl/N-ethyl adjacent to an activating group) is 1. The minimum atomic E-state index is -3.75. The first kappa shape index (κ1) is 13.9. The molecule has 0 aromatic heterocycles. The third kappa shape index (κ3) is 3.15. The topological polar surface area (TPSA) is 83.6 Å². The fourth-order valence-electron chi connectivity index (χ4n) is 1.33. The van der Waals surface area contributed by atoms with E-state index in [1.807, 2.05) is 0 Å². The lowest BCUT2D eigenvalue weighted by Gasteiger charge is -2.18. The highest BCUT2D eigenvalue weighted by Crippen LogP contribution is 2.19. The minimum absolute atomic E-state index is 0.0420. The average molecular weight is 262 g/mol. The summed E-state index contributed by atoms with van der Waals surface area (Å²) < 4.78 is 37.9. The number of aliphatic hydroxyl groups is 1. The van der Waals surface area contributed by atoms with Gasteiger partial charge in [-0.3, -0.25) is 0 Å². The van der Waals surface area contributed by atoms with E-state index in [1.165, 1.54) is 14.0 Å². The van der Waals surface area contributed by atoms with Crippen LogP contribution in [0.25, 0.3) is 0 Å². The number of hydrogen-bond acceptors (Lipinski definition) is 4. The molecule has 0 spiro atoms. The van der Waals surface area contributed by atoms with Crippen LogP contribution in [0.1, 0.15) is 6.92 Å². The number of nitrogen functional groups attached to an aromatic ring is 1. The highest BCUT2D eigenvalue weighted by molar-refractivity contribution is 7.89. The standard InChI is InChI=1S/C10H15FN2O3S/c1-7(14)6-13(2)17(15,16)8-3-4-9(11)10(12)5-8/h3-5,7,14H,6,12H2,1-2H3. The van der Waals surface area contributed by atoms with Gasteiger partial charge in [0.15, 0.2) is 0 Å². The summed E-state index contributed by atoms with van der Waals surface area (Å²) in [4.78, 5) is -0.0976. The van der Waals surface area contributed by atoms with Crippen LogP contribution in [0.4, 0.5) is 10.1 Å². The largest absolute Gasteiger partial charge is 0.396 e. The molecular weight excluding hydrogens is 247 g/mol. The molecule has 5 nitrogen and oxygen atoms in total. The molecule has 0 amide bonds. The van der Waals surface area contributed by atoms with Gasteiger partial charge in [0.25, 0.3) is 0 Å². The molecule has 1 rings (SSSR count). The van der Waals surface area contributed by atoms with Crippen molar-refractivity contribution in [3.63, 3.8) is 0 Å². The van der Waals surface area contributed by atoms with Gasteiger partial charge in [-0.05, 0) is 25.1 Å². The number of nitrogens with zero attached hydrogens (tertiary/aromatic N) is 1. The molecule has 0 aliphatic heterocycles. The fourth-order valence-corrected chi connectivity index (χ4v) is 2.62. The van der Waals surface area contributed by atoms with Gasteiger partial charge in [-0.25, -0.2) is 12.8 Å². The Hall–Kier alpha value is -1.18. The molecule has 7 heteroatoms. The summed E-state index contributed by atoms with van der Waals surface area (Å²) >= 11 is 0. The Kier molecular flexibility index (Phi) is 4.07. The average Bonchev–Trinajstić information content (AvgIpc) is 2.20. The summed E-state index contributed by atoms with van der Waals surface area (Å²) in [7, 11) is -2.41. The van der Waals surface area contributed by atoms with Crippen LogP contribution >= 0.6 is 0 Å². The highest BCUT2D eigenvalue weighted by Gasteiger charge is 2.22. The number of rotatable bonds is 4. The smallest absolute Gasteiger partial charge is 0.242 e. The molecule has 1 atom stereocenters. The Morgan fingerprint density at radius 1 is 1.53 bits per heavy atom. The lowest BCUT2D eigenvalue weighted by Crippen LogP contribution is -2.33. The summed E-state index contributed by atoms with van der Waals surface area (Å²) in [6.45, 7) is 1.44. The Labute approximate surface area is 99.7 Å². The predicted octanol–water partition coefficient (Wildman–Crippen LogP) is 0.409. The van der Waals surface area contributed by atoms with Crippen LogP contribution < -0.4 is 5.73 Å². The number of benzene rings is 1.